The van der Waals surface area contributed by atoms with Crippen LogP contribution in [-0.4, -0.2) is 30.1 Å². The van der Waals surface area contributed by atoms with Crippen LogP contribution in [0.25, 0.3) is 17.1 Å². The number of amides is 1. The summed E-state index contributed by atoms with van der Waals surface area (Å²) in [5.41, 5.74) is 2.21. The van der Waals surface area contributed by atoms with Gasteiger partial charge in [0, 0.05) is 17.1 Å². The maximum absolute atomic E-state index is 12.7. The topological polar surface area (TPSA) is 100 Å². The molecule has 0 aliphatic rings. The summed E-state index contributed by atoms with van der Waals surface area (Å²) >= 11 is 3.32. The second-order valence-electron chi connectivity index (χ2n) is 6.25. The first-order valence-corrected chi connectivity index (χ1v) is 9.54. The molecule has 0 saturated heterocycles. The Balaban J connectivity index is 1.82. The van der Waals surface area contributed by atoms with Gasteiger partial charge < -0.3 is 19.8 Å². The molecule has 148 valence electrons. The molecule has 1 amide bonds. The van der Waals surface area contributed by atoms with Crippen molar-refractivity contribution in [1.29, 1.82) is 5.26 Å². The fraction of sp³-hybridized carbons (Fsp3) is 0.190. The molecule has 3 rings (SSSR count). The minimum atomic E-state index is -0.464. The number of nitrogens with zero attached hydrogens (tertiary/aromatic N) is 2. The number of halogens is 1. The summed E-state index contributed by atoms with van der Waals surface area (Å²) in [6, 6.07) is 10.7. The molecular weight excluding hydrogens is 436 g/mol. The van der Waals surface area contributed by atoms with Crippen LogP contribution in [0.3, 0.4) is 0 Å². The SMILES string of the molecule is COc1ccc([C@@H](C)NC(=O)/C(C#N)=C/c2c[nH]c3nc(Br)ccc23)cc1OC. The highest BCUT2D eigenvalue weighted by Crippen LogP contribution is 2.30. The third-order valence-electron chi connectivity index (χ3n) is 4.46. The molecule has 2 aromatic heterocycles. The van der Waals surface area contributed by atoms with Gasteiger partial charge in [-0.05, 0) is 58.8 Å². The van der Waals surface area contributed by atoms with Crippen LogP contribution in [0.2, 0.25) is 0 Å². The number of fused-ring (bicyclic) bond motifs is 1. The van der Waals surface area contributed by atoms with E-state index in [0.29, 0.717) is 27.3 Å². The van der Waals surface area contributed by atoms with Crippen LogP contribution in [0.1, 0.15) is 24.1 Å². The van der Waals surface area contributed by atoms with Crippen LogP contribution in [0, 0.1) is 11.3 Å². The Morgan fingerprint density at radius 2 is 2.03 bits per heavy atom. The fourth-order valence-corrected chi connectivity index (χ4v) is 3.22. The summed E-state index contributed by atoms with van der Waals surface area (Å²) in [4.78, 5) is 20.0. The van der Waals surface area contributed by atoms with E-state index in [4.69, 9.17) is 9.47 Å². The maximum atomic E-state index is 12.7. The number of pyridine rings is 1. The van der Waals surface area contributed by atoms with Crippen LogP contribution in [0.4, 0.5) is 0 Å². The Labute approximate surface area is 176 Å². The lowest BCUT2D eigenvalue weighted by atomic mass is 10.1. The summed E-state index contributed by atoms with van der Waals surface area (Å²) in [6.45, 7) is 1.83. The monoisotopic (exact) mass is 454 g/mol. The largest absolute Gasteiger partial charge is 0.493 e. The van der Waals surface area contributed by atoms with Gasteiger partial charge in [-0.25, -0.2) is 4.98 Å². The number of hydrogen-bond acceptors (Lipinski definition) is 5. The molecule has 3 aromatic rings. The van der Waals surface area contributed by atoms with Crippen molar-refractivity contribution in [3.05, 3.63) is 57.8 Å². The predicted molar refractivity (Wildman–Crippen MR) is 113 cm³/mol. The molecule has 0 bridgehead atoms. The molecule has 0 spiro atoms. The molecule has 29 heavy (non-hydrogen) atoms. The number of rotatable bonds is 6. The van der Waals surface area contributed by atoms with Gasteiger partial charge in [0.1, 0.15) is 21.9 Å². The van der Waals surface area contributed by atoms with Gasteiger partial charge in [-0.2, -0.15) is 5.26 Å². The Bertz CT molecular complexity index is 1130. The molecule has 7 nitrogen and oxygen atoms in total. The van der Waals surface area contributed by atoms with Crippen LogP contribution in [-0.2, 0) is 4.79 Å². The Hall–Kier alpha value is -3.31. The van der Waals surface area contributed by atoms with E-state index in [0.717, 1.165) is 10.9 Å². The highest BCUT2D eigenvalue weighted by molar-refractivity contribution is 9.10. The standard InChI is InChI=1S/C21H19BrN4O3/c1-12(13-4-6-17(28-2)18(9-13)29-3)25-21(27)14(10-23)8-15-11-24-20-16(15)5-7-19(22)26-20/h4-9,11-12H,1-3H3,(H,24,26)(H,25,27)/b14-8+/t12-/m1/s1. The molecule has 0 radical (unpaired) electrons. The molecule has 8 heteroatoms. The van der Waals surface area contributed by atoms with Crippen molar-refractivity contribution in [3.63, 3.8) is 0 Å². The predicted octanol–water partition coefficient (Wildman–Crippen LogP) is 4.13. The van der Waals surface area contributed by atoms with Gasteiger partial charge in [-0.3, -0.25) is 4.79 Å². The molecule has 0 saturated carbocycles. The normalized spacial score (nSPS) is 12.3. The number of nitrogens with one attached hydrogen (secondary N) is 2. The summed E-state index contributed by atoms with van der Waals surface area (Å²) in [6.07, 6.45) is 3.26. The zero-order valence-corrected chi connectivity index (χ0v) is 17.7. The Morgan fingerprint density at radius 3 is 2.72 bits per heavy atom. The maximum Gasteiger partial charge on any atom is 0.262 e. The molecule has 2 heterocycles. The summed E-state index contributed by atoms with van der Waals surface area (Å²) in [5.74, 6) is 0.709. The Kier molecular flexibility index (Phi) is 6.20. The number of nitriles is 1. The zero-order valence-electron chi connectivity index (χ0n) is 16.1. The van der Waals surface area contributed by atoms with Crippen molar-refractivity contribution >= 4 is 38.9 Å². The first kappa shape index (κ1) is 20.4. The van der Waals surface area contributed by atoms with E-state index in [2.05, 4.69) is 31.2 Å². The summed E-state index contributed by atoms with van der Waals surface area (Å²) in [5, 5.41) is 13.2. The van der Waals surface area contributed by atoms with E-state index in [1.807, 2.05) is 25.1 Å². The Morgan fingerprint density at radius 1 is 1.28 bits per heavy atom. The van der Waals surface area contributed by atoms with Gasteiger partial charge in [-0.15, -0.1) is 0 Å². The van der Waals surface area contributed by atoms with E-state index in [1.165, 1.54) is 0 Å². The first-order valence-electron chi connectivity index (χ1n) is 8.75. The number of ether oxygens (including phenoxy) is 2. The van der Waals surface area contributed by atoms with E-state index in [-0.39, 0.29) is 11.6 Å². The van der Waals surface area contributed by atoms with E-state index >= 15 is 0 Å². The van der Waals surface area contributed by atoms with Crippen molar-refractivity contribution in [2.24, 2.45) is 0 Å². The third kappa shape index (κ3) is 4.41. The minimum absolute atomic E-state index is 0.00106. The lowest BCUT2D eigenvalue weighted by molar-refractivity contribution is -0.117. The van der Waals surface area contributed by atoms with E-state index in [9.17, 15) is 10.1 Å². The lowest BCUT2D eigenvalue weighted by Crippen LogP contribution is -2.27. The highest BCUT2D eigenvalue weighted by atomic mass is 79.9. The van der Waals surface area contributed by atoms with Crippen LogP contribution < -0.4 is 14.8 Å². The zero-order chi connectivity index (χ0) is 21.0. The molecule has 1 aromatic carbocycles. The van der Waals surface area contributed by atoms with Gasteiger partial charge in [0.05, 0.1) is 20.3 Å². The quantitative estimate of drug-likeness (QED) is 0.331. The van der Waals surface area contributed by atoms with Crippen molar-refractivity contribution in [3.8, 4) is 17.6 Å². The molecule has 0 unspecified atom stereocenters. The number of H-pyrrole nitrogens is 1. The van der Waals surface area contributed by atoms with Gasteiger partial charge in [0.15, 0.2) is 11.5 Å². The average Bonchev–Trinajstić information content (AvgIpc) is 3.12. The van der Waals surface area contributed by atoms with Crippen molar-refractivity contribution in [2.75, 3.05) is 14.2 Å². The van der Waals surface area contributed by atoms with Crippen molar-refractivity contribution in [1.82, 2.24) is 15.3 Å². The van der Waals surface area contributed by atoms with Crippen molar-refractivity contribution < 1.29 is 14.3 Å². The molecule has 1 atom stereocenters. The van der Waals surface area contributed by atoms with E-state index in [1.54, 1.807) is 44.7 Å². The molecular formula is C21H19BrN4O3. The van der Waals surface area contributed by atoms with Gasteiger partial charge in [0.2, 0.25) is 0 Å². The highest BCUT2D eigenvalue weighted by Gasteiger charge is 2.16. The van der Waals surface area contributed by atoms with Crippen molar-refractivity contribution in [2.45, 2.75) is 13.0 Å². The molecule has 0 aliphatic carbocycles. The van der Waals surface area contributed by atoms with E-state index < -0.39 is 5.91 Å². The smallest absolute Gasteiger partial charge is 0.262 e. The number of hydrogen-bond donors (Lipinski definition) is 2. The fourth-order valence-electron chi connectivity index (χ4n) is 2.91. The lowest BCUT2D eigenvalue weighted by Gasteiger charge is -2.16. The number of benzene rings is 1. The first-order chi connectivity index (χ1) is 14.0. The second kappa shape index (κ2) is 8.80. The summed E-state index contributed by atoms with van der Waals surface area (Å²) < 4.78 is 11.2. The number of methoxy groups -OCH3 is 2. The number of carbonyl (C=O) groups excluding carboxylic acids is 1. The second-order valence-corrected chi connectivity index (χ2v) is 7.07. The van der Waals surface area contributed by atoms with Gasteiger partial charge in [0.25, 0.3) is 5.91 Å². The minimum Gasteiger partial charge on any atom is -0.493 e. The molecule has 0 aliphatic heterocycles. The number of aromatic nitrogens is 2. The third-order valence-corrected chi connectivity index (χ3v) is 4.90. The van der Waals surface area contributed by atoms with Crippen LogP contribution in [0.15, 0.2) is 46.7 Å². The van der Waals surface area contributed by atoms with Gasteiger partial charge >= 0.3 is 0 Å². The molecule has 0 fully saturated rings. The van der Waals surface area contributed by atoms with Crippen LogP contribution >= 0.6 is 15.9 Å². The van der Waals surface area contributed by atoms with Gasteiger partial charge in [-0.1, -0.05) is 6.07 Å². The summed E-state index contributed by atoms with van der Waals surface area (Å²) in [7, 11) is 3.11. The average molecular weight is 455 g/mol. The van der Waals surface area contributed by atoms with Crippen LogP contribution in [0.5, 0.6) is 11.5 Å². The number of aromatic amines is 1. The number of carbonyl (C=O) groups is 1. The molecule has 2 N–H and O–H groups in total.